The fourth-order valence-corrected chi connectivity index (χ4v) is 2.92. The number of carbonyl (C=O) groups is 1. The summed E-state index contributed by atoms with van der Waals surface area (Å²) in [6.45, 7) is 1.96. The first-order valence-electron chi connectivity index (χ1n) is 8.83. The minimum atomic E-state index is -4.30. The molecule has 3 rings (SSSR count). The van der Waals surface area contributed by atoms with E-state index in [4.69, 9.17) is 4.74 Å². The van der Waals surface area contributed by atoms with Gasteiger partial charge in [-0.1, -0.05) is 6.92 Å². The first-order valence-corrected chi connectivity index (χ1v) is 8.83. The summed E-state index contributed by atoms with van der Waals surface area (Å²) in [6, 6.07) is 3.10. The molecule has 8 nitrogen and oxygen atoms in total. The second-order valence-corrected chi connectivity index (χ2v) is 6.49. The molecule has 0 aromatic carbocycles. The molecule has 0 aliphatic carbocycles. The predicted octanol–water partition coefficient (Wildman–Crippen LogP) is 3.12. The van der Waals surface area contributed by atoms with Gasteiger partial charge in [0.2, 0.25) is 5.88 Å². The number of hydrogen-bond acceptors (Lipinski definition) is 6. The molecule has 1 N–H and O–H groups in total. The average Bonchev–Trinajstić information content (AvgIpc) is 3.03. The Bertz CT molecular complexity index is 1090. The molecule has 0 atom stereocenters. The van der Waals surface area contributed by atoms with Crippen LogP contribution in [-0.2, 0) is 13.0 Å². The van der Waals surface area contributed by atoms with Crippen LogP contribution < -0.4 is 4.74 Å². The highest BCUT2D eigenvalue weighted by molar-refractivity contribution is 6.01. The van der Waals surface area contributed by atoms with Crippen molar-refractivity contribution in [3.63, 3.8) is 0 Å². The van der Waals surface area contributed by atoms with Crippen LogP contribution in [0.3, 0.4) is 0 Å². The van der Waals surface area contributed by atoms with E-state index in [0.717, 1.165) is 0 Å². The Hall–Kier alpha value is -3.31. The van der Waals surface area contributed by atoms with Crippen LogP contribution in [0.4, 0.5) is 17.6 Å². The monoisotopic (exact) mass is 427 g/mol. The van der Waals surface area contributed by atoms with Crippen molar-refractivity contribution >= 4 is 16.9 Å². The zero-order chi connectivity index (χ0) is 22.1. The Kier molecular flexibility index (Phi) is 5.85. The summed E-state index contributed by atoms with van der Waals surface area (Å²) in [5.41, 5.74) is 1.70. The lowest BCUT2D eigenvalue weighted by Gasteiger charge is -2.16. The number of pyridine rings is 1. The first kappa shape index (κ1) is 21.4. The predicted molar refractivity (Wildman–Crippen MR) is 96.2 cm³/mol. The zero-order valence-corrected chi connectivity index (χ0v) is 15.9. The maximum absolute atomic E-state index is 13.0. The molecular formula is C18H17F4N5O3. The Morgan fingerprint density at radius 1 is 1.33 bits per heavy atom. The van der Waals surface area contributed by atoms with E-state index >= 15 is 0 Å². The SMILES string of the molecule is CCc1c2c(C(=O)O)nccc2nn1Cc1cc(C)c(OCC(F)(F)C(F)F)nn1. The number of carboxylic acid groups (broad SMARTS) is 1. The number of aromatic carboxylic acids is 1. The summed E-state index contributed by atoms with van der Waals surface area (Å²) in [7, 11) is 0. The third kappa shape index (κ3) is 4.16. The number of ether oxygens (including phenoxy) is 1. The fourth-order valence-electron chi connectivity index (χ4n) is 2.92. The van der Waals surface area contributed by atoms with E-state index in [-0.39, 0.29) is 18.1 Å². The molecule has 30 heavy (non-hydrogen) atoms. The van der Waals surface area contributed by atoms with Gasteiger partial charge in [-0.05, 0) is 25.5 Å². The van der Waals surface area contributed by atoms with E-state index < -0.39 is 24.9 Å². The molecule has 0 fully saturated rings. The summed E-state index contributed by atoms with van der Waals surface area (Å²) in [5.74, 6) is -5.75. The lowest BCUT2D eigenvalue weighted by atomic mass is 10.1. The number of rotatable bonds is 8. The van der Waals surface area contributed by atoms with Gasteiger partial charge in [0.15, 0.2) is 12.3 Å². The summed E-state index contributed by atoms with van der Waals surface area (Å²) < 4.78 is 56.8. The van der Waals surface area contributed by atoms with E-state index in [1.54, 1.807) is 10.7 Å². The molecule has 3 aromatic heterocycles. The largest absolute Gasteiger partial charge is 0.476 e. The summed E-state index contributed by atoms with van der Waals surface area (Å²) in [5, 5.41) is 21.8. The van der Waals surface area contributed by atoms with Crippen molar-refractivity contribution in [2.45, 2.75) is 39.2 Å². The molecule has 0 aliphatic heterocycles. The number of halogens is 4. The van der Waals surface area contributed by atoms with E-state index in [9.17, 15) is 27.5 Å². The van der Waals surface area contributed by atoms with Crippen molar-refractivity contribution in [1.82, 2.24) is 25.0 Å². The molecule has 160 valence electrons. The average molecular weight is 427 g/mol. The Morgan fingerprint density at radius 3 is 2.67 bits per heavy atom. The smallest absolute Gasteiger partial charge is 0.355 e. The number of alkyl halides is 4. The maximum atomic E-state index is 13.0. The molecular weight excluding hydrogens is 410 g/mol. The van der Waals surface area contributed by atoms with Crippen LogP contribution in [0.1, 0.15) is 34.4 Å². The van der Waals surface area contributed by atoms with Gasteiger partial charge in [-0.2, -0.15) is 13.9 Å². The second-order valence-electron chi connectivity index (χ2n) is 6.49. The lowest BCUT2D eigenvalue weighted by Crippen LogP contribution is -2.34. The van der Waals surface area contributed by atoms with Crippen molar-refractivity contribution in [1.29, 1.82) is 0 Å². The van der Waals surface area contributed by atoms with Crippen LogP contribution in [0.2, 0.25) is 0 Å². The number of hydrogen-bond donors (Lipinski definition) is 1. The Labute approximate surface area is 167 Å². The van der Waals surface area contributed by atoms with Crippen molar-refractivity contribution in [3.05, 3.63) is 41.0 Å². The molecule has 0 spiro atoms. The van der Waals surface area contributed by atoms with Crippen LogP contribution >= 0.6 is 0 Å². The van der Waals surface area contributed by atoms with Gasteiger partial charge < -0.3 is 9.84 Å². The first-order chi connectivity index (χ1) is 14.1. The van der Waals surface area contributed by atoms with Gasteiger partial charge >= 0.3 is 18.3 Å². The molecule has 0 saturated heterocycles. The van der Waals surface area contributed by atoms with E-state index in [0.29, 0.717) is 34.3 Å². The van der Waals surface area contributed by atoms with Gasteiger partial charge in [-0.3, -0.25) is 4.68 Å². The van der Waals surface area contributed by atoms with Gasteiger partial charge in [-0.25, -0.2) is 18.6 Å². The topological polar surface area (TPSA) is 103 Å². The van der Waals surface area contributed by atoms with Crippen LogP contribution in [0.25, 0.3) is 10.9 Å². The molecule has 12 heteroatoms. The van der Waals surface area contributed by atoms with Crippen LogP contribution in [-0.4, -0.2) is 55.0 Å². The third-order valence-corrected chi connectivity index (χ3v) is 4.32. The van der Waals surface area contributed by atoms with Crippen molar-refractivity contribution < 1.29 is 32.2 Å². The molecule has 0 bridgehead atoms. The third-order valence-electron chi connectivity index (χ3n) is 4.32. The van der Waals surface area contributed by atoms with Gasteiger partial charge in [0.1, 0.15) is 0 Å². The van der Waals surface area contributed by atoms with Gasteiger partial charge in [0.05, 0.1) is 23.1 Å². The Balaban J connectivity index is 1.87. The molecule has 0 aliphatic rings. The van der Waals surface area contributed by atoms with Gasteiger partial charge in [0, 0.05) is 17.5 Å². The molecule has 3 heterocycles. The zero-order valence-electron chi connectivity index (χ0n) is 15.9. The lowest BCUT2D eigenvalue weighted by molar-refractivity contribution is -0.148. The normalized spacial score (nSPS) is 12.0. The van der Waals surface area contributed by atoms with Crippen molar-refractivity contribution in [2.24, 2.45) is 0 Å². The van der Waals surface area contributed by atoms with Crippen LogP contribution in [0, 0.1) is 6.92 Å². The molecule has 3 aromatic rings. The molecule has 0 radical (unpaired) electrons. The summed E-state index contributed by atoms with van der Waals surface area (Å²) >= 11 is 0. The van der Waals surface area contributed by atoms with E-state index in [2.05, 4.69) is 20.3 Å². The summed E-state index contributed by atoms with van der Waals surface area (Å²) in [4.78, 5) is 15.4. The number of carboxylic acids is 1. The fraction of sp³-hybridized carbons (Fsp3) is 0.389. The highest BCUT2D eigenvalue weighted by Gasteiger charge is 2.42. The minimum absolute atomic E-state index is 0.110. The number of aryl methyl sites for hydroxylation is 2. The maximum Gasteiger partial charge on any atom is 0.355 e. The Morgan fingerprint density at radius 2 is 2.07 bits per heavy atom. The molecule has 0 saturated carbocycles. The van der Waals surface area contributed by atoms with Crippen LogP contribution in [0.15, 0.2) is 18.3 Å². The quantitative estimate of drug-likeness (QED) is 0.551. The number of nitrogens with zero attached hydrogens (tertiary/aromatic N) is 5. The van der Waals surface area contributed by atoms with Gasteiger partial charge in [-0.15, -0.1) is 10.2 Å². The van der Waals surface area contributed by atoms with Crippen LogP contribution in [0.5, 0.6) is 5.88 Å². The van der Waals surface area contributed by atoms with E-state index in [1.807, 2.05) is 6.92 Å². The van der Waals surface area contributed by atoms with Gasteiger partial charge in [0.25, 0.3) is 0 Å². The summed E-state index contributed by atoms with van der Waals surface area (Å²) in [6.07, 6.45) is -2.02. The van der Waals surface area contributed by atoms with E-state index in [1.165, 1.54) is 19.2 Å². The highest BCUT2D eigenvalue weighted by Crippen LogP contribution is 2.26. The minimum Gasteiger partial charge on any atom is -0.476 e. The molecule has 0 amide bonds. The second kappa shape index (κ2) is 8.20. The number of fused-ring (bicyclic) bond motifs is 1. The molecule has 0 unspecified atom stereocenters. The van der Waals surface area contributed by atoms with Crippen molar-refractivity contribution in [2.75, 3.05) is 6.61 Å². The highest BCUT2D eigenvalue weighted by atomic mass is 19.3. The number of aromatic nitrogens is 5. The van der Waals surface area contributed by atoms with Crippen molar-refractivity contribution in [3.8, 4) is 5.88 Å². The standard InChI is InChI=1S/C18H17F4N5O3/c1-3-12-13-11(4-5-23-14(13)16(28)29)26-27(12)7-10-6-9(2)15(25-24-10)30-8-18(21,22)17(19)20/h4-6,17H,3,7-8H2,1-2H3,(H,28,29).